The van der Waals surface area contributed by atoms with E-state index in [1.807, 2.05) is 22.7 Å². The molecule has 9 heteroatoms. The number of rotatable bonds is 2. The van der Waals surface area contributed by atoms with E-state index in [0.717, 1.165) is 74.9 Å². The Morgan fingerprint density at radius 2 is 0.966 bits per heavy atom. The number of ketones is 4. The predicted octanol–water partition coefficient (Wildman–Crippen LogP) is 12.3. The normalized spacial score (nSPS) is 35.1. The molecule has 0 saturated heterocycles. The third kappa shape index (κ3) is 5.07. The molecule has 3 aromatic heterocycles. The van der Waals surface area contributed by atoms with Gasteiger partial charge in [0.15, 0.2) is 28.8 Å². The number of carbonyl (C=O) groups is 4. The molecule has 8 saturated carbocycles. The van der Waals surface area contributed by atoms with Crippen LogP contribution in [-0.4, -0.2) is 34.6 Å². The van der Waals surface area contributed by atoms with E-state index in [0.29, 0.717) is 23.7 Å². The van der Waals surface area contributed by atoms with Gasteiger partial charge in [-0.15, -0.1) is 34.0 Å². The first-order chi connectivity index (χ1) is 28.8. The van der Waals surface area contributed by atoms with Crippen LogP contribution in [0.1, 0.15) is 163 Å². The molecular formula is C50H54N2O4S3. The minimum absolute atomic E-state index is 0.00920. The van der Waals surface area contributed by atoms with Crippen LogP contribution in [0.2, 0.25) is 0 Å². The van der Waals surface area contributed by atoms with Crippen LogP contribution < -0.4 is 0 Å². The number of aliphatic imine (C=N–C) groups is 2. The molecule has 3 aromatic rings. The lowest BCUT2D eigenvalue weighted by molar-refractivity contribution is -0.123. The minimum atomic E-state index is -0.255. The molecule has 306 valence electrons. The number of nitrogens with zero attached hydrogens (tertiary/aromatic N) is 2. The quantitative estimate of drug-likeness (QED) is 0.257. The molecule has 0 radical (unpaired) electrons. The topological polar surface area (TPSA) is 93.0 Å². The Morgan fingerprint density at radius 1 is 0.492 bits per heavy atom. The first kappa shape index (κ1) is 36.7. The first-order valence-corrected chi connectivity index (χ1v) is 26.1. The number of fused-ring (bicyclic) bond motifs is 14. The van der Waals surface area contributed by atoms with Gasteiger partial charge < -0.3 is 0 Å². The number of hydrogen-bond acceptors (Lipinski definition) is 9. The molecule has 59 heavy (non-hydrogen) atoms. The van der Waals surface area contributed by atoms with Gasteiger partial charge >= 0.3 is 0 Å². The van der Waals surface area contributed by atoms with E-state index in [9.17, 15) is 19.2 Å². The molecule has 0 amide bonds. The molecule has 2 spiro atoms. The number of Topliss-reactive ketones (excluding diaryl/α,β-unsaturated/α-hetero) is 4. The summed E-state index contributed by atoms with van der Waals surface area (Å²) in [7, 11) is 0. The van der Waals surface area contributed by atoms with Crippen LogP contribution in [0.4, 0.5) is 5.00 Å². The summed E-state index contributed by atoms with van der Waals surface area (Å²) in [6.07, 6.45) is 27.1. The second kappa shape index (κ2) is 13.3. The molecule has 8 fully saturated rings. The molecule has 0 N–H and O–H groups in total. The van der Waals surface area contributed by atoms with Gasteiger partial charge in [0.25, 0.3) is 0 Å². The van der Waals surface area contributed by atoms with Crippen molar-refractivity contribution >= 4 is 89.0 Å². The molecular weight excluding hydrogens is 789 g/mol. The second-order valence-corrected chi connectivity index (χ2v) is 23.9. The summed E-state index contributed by atoms with van der Waals surface area (Å²) >= 11 is 5.54. The van der Waals surface area contributed by atoms with E-state index in [2.05, 4.69) is 12.1 Å². The number of allylic oxidation sites excluding steroid dienone is 1. The third-order valence-electron chi connectivity index (χ3n) is 18.2. The summed E-state index contributed by atoms with van der Waals surface area (Å²) in [6, 6.07) is 2.18. The van der Waals surface area contributed by atoms with Gasteiger partial charge in [-0.3, -0.25) is 19.2 Å². The van der Waals surface area contributed by atoms with E-state index in [4.69, 9.17) is 9.98 Å². The van der Waals surface area contributed by atoms with E-state index in [1.54, 1.807) is 16.9 Å². The number of hydrogen-bond donors (Lipinski definition) is 0. The largest absolute Gasteiger partial charge is 0.292 e. The summed E-state index contributed by atoms with van der Waals surface area (Å²) in [4.78, 5) is 70.6. The van der Waals surface area contributed by atoms with E-state index in [1.165, 1.54) is 112 Å². The van der Waals surface area contributed by atoms with Crippen molar-refractivity contribution in [2.24, 2.45) is 57.3 Å². The Bertz CT molecular complexity index is 2410. The fourth-order valence-corrected chi connectivity index (χ4v) is 19.8. The maximum absolute atomic E-state index is 14.2. The van der Waals surface area contributed by atoms with E-state index < -0.39 is 0 Å². The zero-order chi connectivity index (χ0) is 39.4. The molecule has 8 atom stereocenters. The van der Waals surface area contributed by atoms with Crippen LogP contribution in [0, 0.1) is 47.3 Å². The van der Waals surface area contributed by atoms with Crippen molar-refractivity contribution < 1.29 is 19.2 Å². The van der Waals surface area contributed by atoms with Crippen molar-refractivity contribution in [3.05, 3.63) is 33.3 Å². The van der Waals surface area contributed by atoms with Gasteiger partial charge in [0.05, 0.1) is 15.3 Å². The highest BCUT2D eigenvalue weighted by atomic mass is 32.1. The molecule has 13 rings (SSSR count). The molecule has 6 nitrogen and oxygen atoms in total. The van der Waals surface area contributed by atoms with Crippen LogP contribution in [-0.2, 0) is 30.0 Å². The highest BCUT2D eigenvalue weighted by Gasteiger charge is 2.58. The van der Waals surface area contributed by atoms with Crippen LogP contribution in [0.25, 0.3) is 25.2 Å². The SMILES string of the molecule is O=C1C(=NC2=Cc3sc4c(c3C23CCCCC3)C2(CCCCC2)c2c-4sc3cc(N=C4C(=O)C5CC6CCCCC6CC5C4=O)sc23)C(=O)C2CC3CCCCC3CC12. The maximum Gasteiger partial charge on any atom is 0.188 e. The minimum Gasteiger partial charge on any atom is -0.292 e. The van der Waals surface area contributed by atoms with Crippen LogP contribution in [0.15, 0.2) is 21.7 Å². The van der Waals surface area contributed by atoms with Gasteiger partial charge in [-0.2, -0.15) is 0 Å². The van der Waals surface area contributed by atoms with Crippen LogP contribution >= 0.6 is 34.0 Å². The van der Waals surface area contributed by atoms with Crippen molar-refractivity contribution in [3.8, 4) is 9.75 Å². The third-order valence-corrected chi connectivity index (χ3v) is 21.8. The van der Waals surface area contributed by atoms with Crippen molar-refractivity contribution in [2.75, 3.05) is 0 Å². The van der Waals surface area contributed by atoms with Gasteiger partial charge in [0.2, 0.25) is 0 Å². The number of thiophene rings is 3. The molecule has 0 aromatic carbocycles. The van der Waals surface area contributed by atoms with Crippen LogP contribution in [0.5, 0.6) is 0 Å². The Morgan fingerprint density at radius 3 is 1.49 bits per heavy atom. The maximum atomic E-state index is 14.2. The zero-order valence-electron chi connectivity index (χ0n) is 34.1. The van der Waals surface area contributed by atoms with Gasteiger partial charge in [0.1, 0.15) is 10.7 Å². The molecule has 8 unspecified atom stereocenters. The fraction of sp³-hybridized carbons (Fsp3) is 0.640. The number of carbonyl (C=O) groups excluding carboxylic acids is 4. The molecule has 10 aliphatic rings. The predicted molar refractivity (Wildman–Crippen MR) is 238 cm³/mol. The van der Waals surface area contributed by atoms with Crippen molar-refractivity contribution in [3.63, 3.8) is 0 Å². The Balaban J connectivity index is 0.881. The molecule has 0 bridgehead atoms. The van der Waals surface area contributed by atoms with Gasteiger partial charge in [-0.1, -0.05) is 89.9 Å². The van der Waals surface area contributed by atoms with Gasteiger partial charge in [-0.25, -0.2) is 9.98 Å². The smallest absolute Gasteiger partial charge is 0.188 e. The lowest BCUT2D eigenvalue weighted by Gasteiger charge is -2.41. The zero-order valence-corrected chi connectivity index (χ0v) is 36.5. The lowest BCUT2D eigenvalue weighted by Crippen LogP contribution is -2.35. The Labute approximate surface area is 358 Å². The lowest BCUT2D eigenvalue weighted by atomic mass is 9.62. The van der Waals surface area contributed by atoms with E-state index >= 15 is 0 Å². The molecule has 3 heterocycles. The summed E-state index contributed by atoms with van der Waals surface area (Å²) in [5.74, 6) is 1.84. The van der Waals surface area contributed by atoms with Crippen LogP contribution in [0.3, 0.4) is 0 Å². The van der Waals surface area contributed by atoms with E-state index in [-0.39, 0.29) is 69.1 Å². The average Bonchev–Trinajstić information content (AvgIpc) is 4.10. The second-order valence-electron chi connectivity index (χ2n) is 20.8. The van der Waals surface area contributed by atoms with Crippen molar-refractivity contribution in [1.82, 2.24) is 0 Å². The summed E-state index contributed by atoms with van der Waals surface area (Å²) < 4.78 is 2.54. The monoisotopic (exact) mass is 842 g/mol. The average molecular weight is 843 g/mol. The van der Waals surface area contributed by atoms with Crippen molar-refractivity contribution in [1.29, 1.82) is 0 Å². The highest BCUT2D eigenvalue weighted by Crippen LogP contribution is 2.69. The van der Waals surface area contributed by atoms with Gasteiger partial charge in [0, 0.05) is 54.5 Å². The molecule has 10 aliphatic carbocycles. The van der Waals surface area contributed by atoms with Gasteiger partial charge in [-0.05, 0) is 98.3 Å². The fourth-order valence-electron chi connectivity index (χ4n) is 15.5. The highest BCUT2D eigenvalue weighted by molar-refractivity contribution is 7.33. The Kier molecular flexibility index (Phi) is 8.29. The summed E-state index contributed by atoms with van der Waals surface area (Å²) in [6.45, 7) is 0. The Hall–Kier alpha value is -2.88. The summed E-state index contributed by atoms with van der Waals surface area (Å²) in [5.41, 5.74) is 5.67. The van der Waals surface area contributed by atoms with Crippen molar-refractivity contribution in [2.45, 2.75) is 152 Å². The summed E-state index contributed by atoms with van der Waals surface area (Å²) in [5, 5.41) is 0.808. The molecule has 0 aliphatic heterocycles. The first-order valence-electron chi connectivity index (χ1n) is 23.6. The standard InChI is InChI=1S/C50H54N2O4S3/c53-42-29-19-25-11-3-4-12-26(25)20-30(29)43(54)40(42)51-35-23-33-37(49(35)15-7-1-8-16-49)38-47(57-33)48-39(50(38)17-9-2-10-18-50)46-34(58-48)24-36(59-46)52-41-44(55)31-21-27-13-5-6-14-28(27)22-32(31)45(41)56/h23-32H,1-22H2.